The van der Waals surface area contributed by atoms with Crippen molar-refractivity contribution in [1.29, 1.82) is 0 Å². The van der Waals surface area contributed by atoms with E-state index < -0.39 is 11.6 Å². The van der Waals surface area contributed by atoms with E-state index in [2.05, 4.69) is 9.97 Å². The summed E-state index contributed by atoms with van der Waals surface area (Å²) in [5.74, 6) is -1.42. The Balaban J connectivity index is 2.53. The van der Waals surface area contributed by atoms with Gasteiger partial charge in [-0.15, -0.1) is 0 Å². The van der Waals surface area contributed by atoms with Gasteiger partial charge in [-0.05, 0) is 12.1 Å². The summed E-state index contributed by atoms with van der Waals surface area (Å²) in [6.45, 7) is 0.204. The summed E-state index contributed by atoms with van der Waals surface area (Å²) >= 11 is 0. The molecule has 18 heavy (non-hydrogen) atoms. The first-order valence-electron chi connectivity index (χ1n) is 5.20. The molecule has 2 N–H and O–H groups in total. The Kier molecular flexibility index (Phi) is 3.47. The number of rotatable bonds is 3. The van der Waals surface area contributed by atoms with Crippen molar-refractivity contribution < 1.29 is 13.5 Å². The molecule has 0 saturated heterocycles. The van der Waals surface area contributed by atoms with E-state index in [1.807, 2.05) is 0 Å². The molecule has 1 heterocycles. The van der Waals surface area contributed by atoms with Crippen LogP contribution in [0.15, 0.2) is 24.5 Å². The van der Waals surface area contributed by atoms with Crippen LogP contribution < -0.4 is 10.5 Å². The highest BCUT2D eigenvalue weighted by Crippen LogP contribution is 2.27. The second-order valence-corrected chi connectivity index (χ2v) is 3.57. The van der Waals surface area contributed by atoms with Crippen molar-refractivity contribution in [2.45, 2.75) is 6.54 Å². The molecule has 0 unspecified atom stereocenters. The molecular formula is C12H11F2N3O. The van der Waals surface area contributed by atoms with Crippen LogP contribution in [0.3, 0.4) is 0 Å². The number of nitrogens with zero attached hydrogens (tertiary/aromatic N) is 2. The maximum Gasteiger partial charge on any atom is 0.165 e. The normalized spacial score (nSPS) is 10.4. The van der Waals surface area contributed by atoms with Crippen molar-refractivity contribution in [1.82, 2.24) is 9.97 Å². The molecule has 0 saturated carbocycles. The molecule has 2 rings (SSSR count). The lowest BCUT2D eigenvalue weighted by molar-refractivity contribution is 0.383. The average molecular weight is 251 g/mol. The third kappa shape index (κ3) is 2.28. The van der Waals surface area contributed by atoms with Gasteiger partial charge in [-0.3, -0.25) is 0 Å². The second kappa shape index (κ2) is 5.05. The highest BCUT2D eigenvalue weighted by Gasteiger charge is 2.13. The molecule has 0 radical (unpaired) electrons. The van der Waals surface area contributed by atoms with Crippen LogP contribution >= 0.6 is 0 Å². The fourth-order valence-electron chi connectivity index (χ4n) is 1.54. The predicted octanol–water partition coefficient (Wildman–Crippen LogP) is 1.89. The summed E-state index contributed by atoms with van der Waals surface area (Å²) in [6.07, 6.45) is 1.26. The molecule has 0 amide bonds. The number of ether oxygens (including phenoxy) is 1. The third-order valence-corrected chi connectivity index (χ3v) is 2.45. The fourth-order valence-corrected chi connectivity index (χ4v) is 1.54. The van der Waals surface area contributed by atoms with Crippen LogP contribution in [-0.2, 0) is 6.54 Å². The van der Waals surface area contributed by atoms with Gasteiger partial charge in [0.1, 0.15) is 12.1 Å². The van der Waals surface area contributed by atoms with E-state index in [1.54, 1.807) is 0 Å². The molecule has 0 aliphatic heterocycles. The zero-order valence-electron chi connectivity index (χ0n) is 9.65. The molecule has 0 atom stereocenters. The SMILES string of the molecule is COc1cc(F)c(-c2cc(CN)ncn2)cc1F. The summed E-state index contributed by atoms with van der Waals surface area (Å²) in [6, 6.07) is 3.54. The van der Waals surface area contributed by atoms with E-state index in [0.29, 0.717) is 5.69 Å². The van der Waals surface area contributed by atoms with Crippen LogP contribution in [-0.4, -0.2) is 17.1 Å². The molecular weight excluding hydrogens is 240 g/mol. The van der Waals surface area contributed by atoms with Gasteiger partial charge in [0.2, 0.25) is 0 Å². The minimum atomic E-state index is -0.651. The maximum absolute atomic E-state index is 13.8. The van der Waals surface area contributed by atoms with Crippen molar-refractivity contribution in [2.24, 2.45) is 5.73 Å². The van der Waals surface area contributed by atoms with Crippen molar-refractivity contribution in [3.05, 3.63) is 41.9 Å². The molecule has 1 aromatic heterocycles. The minimum Gasteiger partial charge on any atom is -0.494 e. The van der Waals surface area contributed by atoms with E-state index in [1.165, 1.54) is 19.5 Å². The number of hydrogen-bond acceptors (Lipinski definition) is 4. The van der Waals surface area contributed by atoms with Gasteiger partial charge >= 0.3 is 0 Å². The lowest BCUT2D eigenvalue weighted by Crippen LogP contribution is -2.01. The topological polar surface area (TPSA) is 61.0 Å². The Morgan fingerprint density at radius 2 is 1.94 bits per heavy atom. The first-order valence-corrected chi connectivity index (χ1v) is 5.20. The van der Waals surface area contributed by atoms with Crippen LogP contribution in [0, 0.1) is 11.6 Å². The largest absolute Gasteiger partial charge is 0.494 e. The monoisotopic (exact) mass is 251 g/mol. The fraction of sp³-hybridized carbons (Fsp3) is 0.167. The molecule has 0 spiro atoms. The van der Waals surface area contributed by atoms with Gasteiger partial charge in [-0.25, -0.2) is 18.7 Å². The molecule has 1 aromatic carbocycles. The third-order valence-electron chi connectivity index (χ3n) is 2.45. The van der Waals surface area contributed by atoms with Gasteiger partial charge in [-0.2, -0.15) is 0 Å². The molecule has 4 nitrogen and oxygen atoms in total. The molecule has 0 bridgehead atoms. The van der Waals surface area contributed by atoms with Crippen LogP contribution in [0.4, 0.5) is 8.78 Å². The van der Waals surface area contributed by atoms with Gasteiger partial charge in [0.05, 0.1) is 18.5 Å². The molecule has 2 aromatic rings. The number of methoxy groups -OCH3 is 1. The molecule has 0 fully saturated rings. The lowest BCUT2D eigenvalue weighted by atomic mass is 10.1. The number of nitrogens with two attached hydrogens (primary N) is 1. The average Bonchev–Trinajstić information content (AvgIpc) is 2.41. The smallest absolute Gasteiger partial charge is 0.165 e. The Morgan fingerprint density at radius 1 is 1.17 bits per heavy atom. The summed E-state index contributed by atoms with van der Waals surface area (Å²) in [5, 5.41) is 0. The van der Waals surface area contributed by atoms with E-state index in [9.17, 15) is 8.78 Å². The Bertz CT molecular complexity index is 575. The van der Waals surface area contributed by atoms with E-state index in [4.69, 9.17) is 10.5 Å². The van der Waals surface area contributed by atoms with E-state index in [0.717, 1.165) is 12.1 Å². The van der Waals surface area contributed by atoms with Gasteiger partial charge in [0.15, 0.2) is 11.6 Å². The van der Waals surface area contributed by atoms with Gasteiger partial charge in [0.25, 0.3) is 0 Å². The number of aromatic nitrogens is 2. The molecule has 0 aliphatic rings. The Labute approximate surface area is 102 Å². The number of benzene rings is 1. The van der Waals surface area contributed by atoms with Gasteiger partial charge in [-0.1, -0.05) is 0 Å². The minimum absolute atomic E-state index is 0.0467. The van der Waals surface area contributed by atoms with Crippen LogP contribution in [0.2, 0.25) is 0 Å². The van der Waals surface area contributed by atoms with Crippen molar-refractivity contribution >= 4 is 0 Å². The molecule has 94 valence electrons. The number of halogens is 2. The second-order valence-electron chi connectivity index (χ2n) is 3.57. The highest BCUT2D eigenvalue weighted by atomic mass is 19.1. The maximum atomic E-state index is 13.8. The van der Waals surface area contributed by atoms with Crippen LogP contribution in [0.5, 0.6) is 5.75 Å². The quantitative estimate of drug-likeness (QED) is 0.904. The van der Waals surface area contributed by atoms with Gasteiger partial charge in [0, 0.05) is 18.2 Å². The van der Waals surface area contributed by atoms with Crippen molar-refractivity contribution in [2.75, 3.05) is 7.11 Å². The summed E-state index contributed by atoms with van der Waals surface area (Å²) in [5.41, 5.74) is 6.31. The Hall–Kier alpha value is -2.08. The summed E-state index contributed by atoms with van der Waals surface area (Å²) in [4.78, 5) is 7.79. The zero-order valence-corrected chi connectivity index (χ0v) is 9.65. The Morgan fingerprint density at radius 3 is 2.61 bits per heavy atom. The highest BCUT2D eigenvalue weighted by molar-refractivity contribution is 5.61. The predicted molar refractivity (Wildman–Crippen MR) is 61.8 cm³/mol. The zero-order chi connectivity index (χ0) is 13.1. The van der Waals surface area contributed by atoms with Crippen molar-refractivity contribution in [3.8, 4) is 17.0 Å². The van der Waals surface area contributed by atoms with Crippen LogP contribution in [0.1, 0.15) is 5.69 Å². The number of hydrogen-bond donors (Lipinski definition) is 1. The van der Waals surface area contributed by atoms with E-state index in [-0.39, 0.29) is 23.6 Å². The first kappa shape index (κ1) is 12.4. The van der Waals surface area contributed by atoms with E-state index >= 15 is 0 Å². The summed E-state index contributed by atoms with van der Waals surface area (Å²) < 4.78 is 32.0. The van der Waals surface area contributed by atoms with Crippen LogP contribution in [0.25, 0.3) is 11.3 Å². The summed E-state index contributed by atoms with van der Waals surface area (Å²) in [7, 11) is 1.27. The van der Waals surface area contributed by atoms with Crippen molar-refractivity contribution in [3.63, 3.8) is 0 Å². The molecule has 6 heteroatoms. The molecule has 0 aliphatic carbocycles. The standard InChI is InChI=1S/C12H11F2N3O/c1-18-12-4-9(13)8(3-10(12)14)11-2-7(5-15)16-6-17-11/h2-4,6H,5,15H2,1H3. The lowest BCUT2D eigenvalue weighted by Gasteiger charge is -2.07. The van der Waals surface area contributed by atoms with Gasteiger partial charge < -0.3 is 10.5 Å². The first-order chi connectivity index (χ1) is 8.65.